The number of benzene rings is 1. The molecule has 0 spiro atoms. The SMILES string of the molecule is CNC(=O)CN1CCN(C(=O)CCn2c(=O)[nH]c(=O)c3ccccc32)CC1. The van der Waals surface area contributed by atoms with Gasteiger partial charge in [0.1, 0.15) is 0 Å². The van der Waals surface area contributed by atoms with Gasteiger partial charge in [0, 0.05) is 46.2 Å². The maximum absolute atomic E-state index is 12.5. The molecule has 9 heteroatoms. The van der Waals surface area contributed by atoms with Crippen LogP contribution in [0.5, 0.6) is 0 Å². The Balaban J connectivity index is 1.62. The fourth-order valence-electron chi connectivity index (χ4n) is 3.27. The van der Waals surface area contributed by atoms with Crippen LogP contribution in [0.25, 0.3) is 10.9 Å². The monoisotopic (exact) mass is 373 g/mol. The van der Waals surface area contributed by atoms with E-state index in [1.807, 2.05) is 4.90 Å². The van der Waals surface area contributed by atoms with Gasteiger partial charge in [-0.2, -0.15) is 0 Å². The van der Waals surface area contributed by atoms with Gasteiger partial charge in [0.15, 0.2) is 0 Å². The Bertz CT molecular complexity index is 956. The number of fused-ring (bicyclic) bond motifs is 1. The summed E-state index contributed by atoms with van der Waals surface area (Å²) in [5.41, 5.74) is -0.415. The molecule has 2 heterocycles. The summed E-state index contributed by atoms with van der Waals surface area (Å²) < 4.78 is 1.43. The summed E-state index contributed by atoms with van der Waals surface area (Å²) in [4.78, 5) is 54.0. The summed E-state index contributed by atoms with van der Waals surface area (Å²) in [5, 5.41) is 3.01. The van der Waals surface area contributed by atoms with Gasteiger partial charge < -0.3 is 10.2 Å². The van der Waals surface area contributed by atoms with Gasteiger partial charge in [0.05, 0.1) is 17.4 Å². The number of nitrogens with zero attached hydrogens (tertiary/aromatic N) is 3. The summed E-state index contributed by atoms with van der Waals surface area (Å²) >= 11 is 0. The van der Waals surface area contributed by atoms with E-state index in [0.717, 1.165) is 0 Å². The molecule has 1 aliphatic heterocycles. The number of amides is 2. The zero-order chi connectivity index (χ0) is 19.4. The van der Waals surface area contributed by atoms with E-state index in [0.29, 0.717) is 43.6 Å². The number of para-hydroxylation sites is 1. The van der Waals surface area contributed by atoms with E-state index in [-0.39, 0.29) is 24.8 Å². The molecule has 144 valence electrons. The Morgan fingerprint density at radius 3 is 2.52 bits per heavy atom. The van der Waals surface area contributed by atoms with Crippen LogP contribution in [-0.2, 0) is 16.1 Å². The van der Waals surface area contributed by atoms with Crippen LogP contribution in [0.3, 0.4) is 0 Å². The van der Waals surface area contributed by atoms with Crippen molar-refractivity contribution in [2.75, 3.05) is 39.8 Å². The lowest BCUT2D eigenvalue weighted by atomic mass is 10.2. The molecular weight excluding hydrogens is 350 g/mol. The highest BCUT2D eigenvalue weighted by molar-refractivity contribution is 5.79. The second-order valence-corrected chi connectivity index (χ2v) is 6.51. The second-order valence-electron chi connectivity index (χ2n) is 6.51. The third-order valence-corrected chi connectivity index (χ3v) is 4.83. The maximum Gasteiger partial charge on any atom is 0.328 e. The maximum atomic E-state index is 12.5. The quantitative estimate of drug-likeness (QED) is 0.697. The predicted octanol–water partition coefficient (Wildman–Crippen LogP) is -1.03. The molecule has 2 N–H and O–H groups in total. The standard InChI is InChI=1S/C18H23N5O4/c1-19-15(24)12-21-8-10-22(11-9-21)16(25)6-7-23-14-5-3-2-4-13(14)17(26)20-18(23)27/h2-5H,6-12H2,1H3,(H,19,24)(H,20,26,27). The first-order valence-electron chi connectivity index (χ1n) is 8.92. The molecule has 9 nitrogen and oxygen atoms in total. The van der Waals surface area contributed by atoms with Crippen LogP contribution in [0.15, 0.2) is 33.9 Å². The molecule has 2 aromatic rings. The minimum Gasteiger partial charge on any atom is -0.358 e. The van der Waals surface area contributed by atoms with Crippen LogP contribution in [0.4, 0.5) is 0 Å². The fourth-order valence-corrected chi connectivity index (χ4v) is 3.27. The molecule has 27 heavy (non-hydrogen) atoms. The molecule has 1 aliphatic rings. The summed E-state index contributed by atoms with van der Waals surface area (Å²) in [6.45, 7) is 2.92. The number of piperazine rings is 1. The molecule has 3 rings (SSSR count). The Kier molecular flexibility index (Phi) is 5.70. The van der Waals surface area contributed by atoms with Crippen LogP contribution in [0.2, 0.25) is 0 Å². The third kappa shape index (κ3) is 4.25. The van der Waals surface area contributed by atoms with Gasteiger partial charge in [0.25, 0.3) is 5.56 Å². The highest BCUT2D eigenvalue weighted by Crippen LogP contribution is 2.09. The van der Waals surface area contributed by atoms with E-state index < -0.39 is 11.2 Å². The molecule has 1 fully saturated rings. The average molecular weight is 373 g/mol. The first-order valence-corrected chi connectivity index (χ1v) is 8.92. The van der Waals surface area contributed by atoms with Crippen molar-refractivity contribution < 1.29 is 9.59 Å². The Labute approximate surface area is 155 Å². The van der Waals surface area contributed by atoms with Gasteiger partial charge in [-0.3, -0.25) is 28.8 Å². The zero-order valence-electron chi connectivity index (χ0n) is 15.2. The van der Waals surface area contributed by atoms with Gasteiger partial charge in [-0.1, -0.05) is 12.1 Å². The number of hydrogen-bond donors (Lipinski definition) is 2. The van der Waals surface area contributed by atoms with Crippen molar-refractivity contribution in [3.63, 3.8) is 0 Å². The predicted molar refractivity (Wildman–Crippen MR) is 101 cm³/mol. The number of likely N-dealkylation sites (N-methyl/N-ethyl adjacent to an activating group) is 1. The van der Waals surface area contributed by atoms with Crippen molar-refractivity contribution in [3.8, 4) is 0 Å². The number of H-pyrrole nitrogens is 1. The molecule has 0 radical (unpaired) electrons. The third-order valence-electron chi connectivity index (χ3n) is 4.83. The highest BCUT2D eigenvalue weighted by atomic mass is 16.2. The molecule has 1 aromatic carbocycles. The van der Waals surface area contributed by atoms with Crippen LogP contribution < -0.4 is 16.6 Å². The minimum absolute atomic E-state index is 0.0425. The lowest BCUT2D eigenvalue weighted by molar-refractivity contribution is -0.133. The van der Waals surface area contributed by atoms with Crippen molar-refractivity contribution in [1.82, 2.24) is 24.7 Å². The van der Waals surface area contributed by atoms with Gasteiger partial charge >= 0.3 is 5.69 Å². The first-order chi connectivity index (χ1) is 13.0. The lowest BCUT2D eigenvalue weighted by Crippen LogP contribution is -2.51. The summed E-state index contributed by atoms with van der Waals surface area (Å²) in [6.07, 6.45) is 0.172. The first kappa shape index (κ1) is 18.8. The van der Waals surface area contributed by atoms with Crippen molar-refractivity contribution >= 4 is 22.7 Å². The lowest BCUT2D eigenvalue weighted by Gasteiger charge is -2.34. The molecule has 1 aromatic heterocycles. The topological polar surface area (TPSA) is 108 Å². The van der Waals surface area contributed by atoms with Crippen LogP contribution >= 0.6 is 0 Å². The van der Waals surface area contributed by atoms with Crippen LogP contribution in [0.1, 0.15) is 6.42 Å². The summed E-state index contributed by atoms with van der Waals surface area (Å²) in [7, 11) is 1.60. The van der Waals surface area contributed by atoms with E-state index in [4.69, 9.17) is 0 Å². The molecule has 0 bridgehead atoms. The number of nitrogens with one attached hydrogen (secondary N) is 2. The molecule has 0 unspecified atom stereocenters. The average Bonchev–Trinajstić information content (AvgIpc) is 2.68. The van der Waals surface area contributed by atoms with Crippen LogP contribution in [0, 0.1) is 0 Å². The Morgan fingerprint density at radius 1 is 1.11 bits per heavy atom. The molecular formula is C18H23N5O4. The number of aromatic nitrogens is 2. The number of hydrogen-bond acceptors (Lipinski definition) is 5. The van der Waals surface area contributed by atoms with Crippen molar-refractivity contribution in [1.29, 1.82) is 0 Å². The Morgan fingerprint density at radius 2 is 1.81 bits per heavy atom. The fraction of sp³-hybridized carbons (Fsp3) is 0.444. The Hall–Kier alpha value is -2.94. The summed E-state index contributed by atoms with van der Waals surface area (Å²) in [5.74, 6) is -0.0872. The molecule has 0 aliphatic carbocycles. The van der Waals surface area contributed by atoms with E-state index >= 15 is 0 Å². The van der Waals surface area contributed by atoms with Gasteiger partial charge in [-0.05, 0) is 12.1 Å². The summed E-state index contributed by atoms with van der Waals surface area (Å²) in [6, 6.07) is 6.84. The highest BCUT2D eigenvalue weighted by Gasteiger charge is 2.22. The number of aryl methyl sites for hydroxylation is 1. The largest absolute Gasteiger partial charge is 0.358 e. The number of carbonyl (C=O) groups excluding carboxylic acids is 2. The van der Waals surface area contributed by atoms with Gasteiger partial charge in [-0.15, -0.1) is 0 Å². The number of carbonyl (C=O) groups is 2. The van der Waals surface area contributed by atoms with E-state index in [9.17, 15) is 19.2 Å². The van der Waals surface area contributed by atoms with E-state index in [1.54, 1.807) is 36.2 Å². The number of rotatable bonds is 5. The van der Waals surface area contributed by atoms with E-state index in [1.165, 1.54) is 4.57 Å². The molecule has 0 atom stereocenters. The van der Waals surface area contributed by atoms with Crippen molar-refractivity contribution in [2.24, 2.45) is 0 Å². The van der Waals surface area contributed by atoms with E-state index in [2.05, 4.69) is 10.3 Å². The smallest absolute Gasteiger partial charge is 0.328 e. The normalized spacial score (nSPS) is 15.1. The van der Waals surface area contributed by atoms with Gasteiger partial charge in [0.2, 0.25) is 11.8 Å². The molecule has 0 saturated carbocycles. The van der Waals surface area contributed by atoms with Crippen molar-refractivity contribution in [3.05, 3.63) is 45.1 Å². The van der Waals surface area contributed by atoms with Crippen LogP contribution in [-0.4, -0.2) is 70.9 Å². The van der Waals surface area contributed by atoms with Gasteiger partial charge in [-0.25, -0.2) is 4.79 Å². The van der Waals surface area contributed by atoms with Crippen molar-refractivity contribution in [2.45, 2.75) is 13.0 Å². The minimum atomic E-state index is -0.512. The number of aromatic amines is 1. The molecule has 1 saturated heterocycles. The second kappa shape index (κ2) is 8.17. The zero-order valence-corrected chi connectivity index (χ0v) is 15.2. The molecule has 2 amide bonds.